The molecule has 1 atom stereocenters. The molecule has 36 heavy (non-hydrogen) atoms. The zero-order chi connectivity index (χ0) is 25.5. The highest BCUT2D eigenvalue weighted by atomic mass is 35.5. The number of carbonyl (C=O) groups is 2. The first-order valence-corrected chi connectivity index (χ1v) is 13.0. The summed E-state index contributed by atoms with van der Waals surface area (Å²) in [4.78, 5) is 29.0. The van der Waals surface area contributed by atoms with Crippen LogP contribution in [0.25, 0.3) is 0 Å². The highest BCUT2D eigenvalue weighted by molar-refractivity contribution is 6.35. The van der Waals surface area contributed by atoms with Crippen LogP contribution < -0.4 is 5.32 Å². The summed E-state index contributed by atoms with van der Waals surface area (Å²) in [5.41, 5.74) is 2.31. The number of hydrogen-bond acceptors (Lipinski definition) is 2. The summed E-state index contributed by atoms with van der Waals surface area (Å²) in [6.45, 7) is 0.144. The number of rotatable bonds is 9. The quantitative estimate of drug-likeness (QED) is 0.352. The molecular weight excluding hydrogens is 498 g/mol. The molecule has 4 nitrogen and oxygen atoms in total. The molecule has 0 spiro atoms. The van der Waals surface area contributed by atoms with Crippen LogP contribution in [0.5, 0.6) is 0 Å². The van der Waals surface area contributed by atoms with Gasteiger partial charge in [0.1, 0.15) is 11.9 Å². The van der Waals surface area contributed by atoms with E-state index in [0.717, 1.165) is 31.2 Å². The molecule has 0 aromatic heterocycles. The highest BCUT2D eigenvalue weighted by Gasteiger charge is 2.32. The summed E-state index contributed by atoms with van der Waals surface area (Å²) in [6, 6.07) is 20.0. The first kappa shape index (κ1) is 26.2. The summed E-state index contributed by atoms with van der Waals surface area (Å²) in [5, 5.41) is 4.10. The molecule has 3 aromatic rings. The average molecular weight is 527 g/mol. The van der Waals surface area contributed by atoms with Crippen LogP contribution in [0.4, 0.5) is 4.39 Å². The van der Waals surface area contributed by atoms with Gasteiger partial charge in [-0.25, -0.2) is 4.39 Å². The van der Waals surface area contributed by atoms with E-state index < -0.39 is 6.04 Å². The Bertz CT molecular complexity index is 1180. The number of carbonyl (C=O) groups excluding carboxylic acids is 2. The Labute approximate surface area is 221 Å². The van der Waals surface area contributed by atoms with Gasteiger partial charge in [-0.3, -0.25) is 9.59 Å². The van der Waals surface area contributed by atoms with Crippen LogP contribution in [0, 0.1) is 5.82 Å². The van der Waals surface area contributed by atoms with Gasteiger partial charge in [0.15, 0.2) is 0 Å². The van der Waals surface area contributed by atoms with Crippen molar-refractivity contribution in [1.29, 1.82) is 0 Å². The van der Waals surface area contributed by atoms with Crippen molar-refractivity contribution in [3.63, 3.8) is 0 Å². The molecule has 1 aliphatic rings. The lowest BCUT2D eigenvalue weighted by Gasteiger charge is -2.32. The standard InChI is InChI=1S/C29H29Cl2FN2O2/c30-23-13-12-22(26(31)18-23)19-34(28(35)17-21-10-14-24(32)15-11-21)27(16-20-6-2-1-3-7-20)29(36)33-25-8-4-5-9-25/h1-3,6-7,10-15,18,25,27H,4-5,8-9,16-17,19H2,(H,33,36). The minimum absolute atomic E-state index is 0.0352. The van der Waals surface area contributed by atoms with E-state index in [1.807, 2.05) is 30.3 Å². The van der Waals surface area contributed by atoms with E-state index in [4.69, 9.17) is 23.2 Å². The van der Waals surface area contributed by atoms with E-state index in [9.17, 15) is 14.0 Å². The number of halogens is 3. The zero-order valence-electron chi connectivity index (χ0n) is 19.9. The molecule has 0 radical (unpaired) electrons. The van der Waals surface area contributed by atoms with Crippen LogP contribution in [0.3, 0.4) is 0 Å². The monoisotopic (exact) mass is 526 g/mol. The van der Waals surface area contributed by atoms with Crippen molar-refractivity contribution in [2.24, 2.45) is 0 Å². The van der Waals surface area contributed by atoms with Crippen molar-refractivity contribution < 1.29 is 14.0 Å². The van der Waals surface area contributed by atoms with Crippen LogP contribution in [0.2, 0.25) is 10.0 Å². The lowest BCUT2D eigenvalue weighted by Crippen LogP contribution is -2.52. The molecule has 1 aliphatic carbocycles. The van der Waals surface area contributed by atoms with E-state index in [-0.39, 0.29) is 36.6 Å². The predicted octanol–water partition coefficient (Wildman–Crippen LogP) is 6.37. The van der Waals surface area contributed by atoms with E-state index in [1.54, 1.807) is 35.2 Å². The number of hydrogen-bond donors (Lipinski definition) is 1. The Morgan fingerprint density at radius 3 is 2.31 bits per heavy atom. The molecular formula is C29H29Cl2FN2O2. The third-order valence-electron chi connectivity index (χ3n) is 6.60. The predicted molar refractivity (Wildman–Crippen MR) is 141 cm³/mol. The smallest absolute Gasteiger partial charge is 0.243 e. The second kappa shape index (κ2) is 12.4. The summed E-state index contributed by atoms with van der Waals surface area (Å²) in [6.07, 6.45) is 4.45. The molecule has 7 heteroatoms. The molecule has 0 saturated heterocycles. The SMILES string of the molecule is O=C(NC1CCCC1)C(Cc1ccccc1)N(Cc1ccc(Cl)cc1Cl)C(=O)Cc1ccc(F)cc1. The van der Waals surface area contributed by atoms with Crippen molar-refractivity contribution in [2.45, 2.75) is 57.2 Å². The Hall–Kier alpha value is -2.89. The van der Waals surface area contributed by atoms with E-state index in [0.29, 0.717) is 27.6 Å². The fraction of sp³-hybridized carbons (Fsp3) is 0.310. The van der Waals surface area contributed by atoms with Gasteiger partial charge in [-0.2, -0.15) is 0 Å². The normalized spacial score (nSPS) is 14.4. The first-order chi connectivity index (χ1) is 17.4. The minimum Gasteiger partial charge on any atom is -0.352 e. The third kappa shape index (κ3) is 7.08. The zero-order valence-corrected chi connectivity index (χ0v) is 21.4. The molecule has 0 bridgehead atoms. The van der Waals surface area contributed by atoms with Gasteiger partial charge in [-0.15, -0.1) is 0 Å². The summed E-state index contributed by atoms with van der Waals surface area (Å²) < 4.78 is 13.4. The fourth-order valence-corrected chi connectivity index (χ4v) is 5.10. The summed E-state index contributed by atoms with van der Waals surface area (Å²) in [7, 11) is 0. The molecule has 1 unspecified atom stereocenters. The van der Waals surface area contributed by atoms with Crippen molar-refractivity contribution in [2.75, 3.05) is 0 Å². The van der Waals surface area contributed by atoms with Crippen LogP contribution >= 0.6 is 23.2 Å². The van der Waals surface area contributed by atoms with E-state index in [1.165, 1.54) is 12.1 Å². The second-order valence-electron chi connectivity index (χ2n) is 9.26. The van der Waals surface area contributed by atoms with Crippen molar-refractivity contribution >= 4 is 35.0 Å². The van der Waals surface area contributed by atoms with E-state index in [2.05, 4.69) is 5.32 Å². The number of amides is 2. The Kier molecular flexibility index (Phi) is 9.00. The Morgan fingerprint density at radius 2 is 1.64 bits per heavy atom. The van der Waals surface area contributed by atoms with Gasteiger partial charge in [0.25, 0.3) is 0 Å². The second-order valence-corrected chi connectivity index (χ2v) is 10.1. The van der Waals surface area contributed by atoms with Gasteiger partial charge in [-0.05, 0) is 53.8 Å². The molecule has 0 heterocycles. The molecule has 1 saturated carbocycles. The number of benzene rings is 3. The van der Waals surface area contributed by atoms with Gasteiger partial charge in [-0.1, -0.05) is 84.6 Å². The third-order valence-corrected chi connectivity index (χ3v) is 7.18. The minimum atomic E-state index is -0.743. The van der Waals surface area contributed by atoms with Gasteiger partial charge in [0.2, 0.25) is 11.8 Å². The fourth-order valence-electron chi connectivity index (χ4n) is 4.63. The largest absolute Gasteiger partial charge is 0.352 e. The summed E-state index contributed by atoms with van der Waals surface area (Å²) in [5.74, 6) is -0.785. The number of nitrogens with one attached hydrogen (secondary N) is 1. The lowest BCUT2D eigenvalue weighted by atomic mass is 10.0. The van der Waals surface area contributed by atoms with Crippen molar-refractivity contribution in [1.82, 2.24) is 10.2 Å². The van der Waals surface area contributed by atoms with Gasteiger partial charge < -0.3 is 10.2 Å². The maximum atomic E-state index is 13.7. The van der Waals surface area contributed by atoms with Gasteiger partial charge in [0.05, 0.1) is 6.42 Å². The van der Waals surface area contributed by atoms with Crippen molar-refractivity contribution in [3.8, 4) is 0 Å². The maximum absolute atomic E-state index is 13.7. The Morgan fingerprint density at radius 1 is 0.944 bits per heavy atom. The molecule has 188 valence electrons. The molecule has 2 amide bonds. The molecule has 4 rings (SSSR count). The lowest BCUT2D eigenvalue weighted by molar-refractivity contribution is -0.141. The molecule has 1 N–H and O–H groups in total. The van der Waals surface area contributed by atoms with Crippen LogP contribution in [0.1, 0.15) is 42.4 Å². The first-order valence-electron chi connectivity index (χ1n) is 12.2. The van der Waals surface area contributed by atoms with Crippen LogP contribution in [-0.4, -0.2) is 28.8 Å². The van der Waals surface area contributed by atoms with E-state index >= 15 is 0 Å². The maximum Gasteiger partial charge on any atom is 0.243 e. The summed E-state index contributed by atoms with van der Waals surface area (Å²) >= 11 is 12.6. The number of nitrogens with zero attached hydrogens (tertiary/aromatic N) is 1. The molecule has 1 fully saturated rings. The van der Waals surface area contributed by atoms with Crippen molar-refractivity contribution in [3.05, 3.63) is 105 Å². The average Bonchev–Trinajstić information content (AvgIpc) is 3.37. The van der Waals surface area contributed by atoms with Crippen LogP contribution in [0.15, 0.2) is 72.8 Å². The van der Waals surface area contributed by atoms with Crippen LogP contribution in [-0.2, 0) is 29.0 Å². The molecule has 0 aliphatic heterocycles. The van der Waals surface area contributed by atoms with Gasteiger partial charge >= 0.3 is 0 Å². The molecule has 3 aromatic carbocycles. The Balaban J connectivity index is 1.67. The highest BCUT2D eigenvalue weighted by Crippen LogP contribution is 2.25. The van der Waals surface area contributed by atoms with Gasteiger partial charge in [0, 0.05) is 29.1 Å². The topological polar surface area (TPSA) is 49.4 Å².